The molecule has 3 heterocycles. The number of nitrogens with zero attached hydrogens (tertiary/aromatic N) is 1. The van der Waals surface area contributed by atoms with Crippen LogP contribution in [-0.4, -0.2) is 56.7 Å². The van der Waals surface area contributed by atoms with Crippen LogP contribution in [-0.2, 0) is 19.1 Å². The first-order chi connectivity index (χ1) is 12.8. The minimum absolute atomic E-state index is 0.0704. The van der Waals surface area contributed by atoms with E-state index in [1.54, 1.807) is 0 Å². The number of ether oxygens (including phenoxy) is 1. The van der Waals surface area contributed by atoms with Gasteiger partial charge in [0.1, 0.15) is 5.92 Å². The van der Waals surface area contributed by atoms with Crippen LogP contribution in [0.5, 0.6) is 0 Å². The van der Waals surface area contributed by atoms with Crippen LogP contribution in [0, 0.1) is 29.6 Å². The van der Waals surface area contributed by atoms with Crippen LogP contribution in [0.2, 0.25) is 0 Å². The lowest BCUT2D eigenvalue weighted by molar-refractivity contribution is -0.173. The number of esters is 1. The molecule has 5 rings (SSSR count). The van der Waals surface area contributed by atoms with Crippen molar-refractivity contribution in [3.05, 3.63) is 12.2 Å². The number of hydrogen-bond acceptors (Lipinski definition) is 6. The van der Waals surface area contributed by atoms with Crippen LogP contribution >= 0.6 is 0 Å². The number of rotatable bonds is 2. The summed E-state index contributed by atoms with van der Waals surface area (Å²) in [6.07, 6.45) is 6.92. The first-order valence-electron chi connectivity index (χ1n) is 10.0. The molecule has 7 heteroatoms. The van der Waals surface area contributed by atoms with Crippen LogP contribution in [0.4, 0.5) is 0 Å². The lowest BCUT2D eigenvalue weighted by Crippen LogP contribution is -2.59. The highest BCUT2D eigenvalue weighted by molar-refractivity contribution is 6.14. The molecule has 146 valence electrons. The first kappa shape index (κ1) is 17.4. The Hall–Kier alpha value is -1.73. The predicted octanol–water partition coefficient (Wildman–Crippen LogP) is 0.391. The monoisotopic (exact) mass is 375 g/mol. The zero-order valence-electron chi connectivity index (χ0n) is 15.3. The van der Waals surface area contributed by atoms with Crippen LogP contribution in [0.15, 0.2) is 12.2 Å². The molecule has 2 N–H and O–H groups in total. The van der Waals surface area contributed by atoms with Gasteiger partial charge in [0.05, 0.1) is 0 Å². The fourth-order valence-electron chi connectivity index (χ4n) is 6.34. The summed E-state index contributed by atoms with van der Waals surface area (Å²) in [6, 6.07) is 0. The maximum Gasteiger partial charge on any atom is 0.314 e. The van der Waals surface area contributed by atoms with Crippen LogP contribution in [0.3, 0.4) is 0 Å². The summed E-state index contributed by atoms with van der Waals surface area (Å²) in [4.78, 5) is 40.0. The van der Waals surface area contributed by atoms with Crippen molar-refractivity contribution in [3.8, 4) is 0 Å². The first-order valence-corrected chi connectivity index (χ1v) is 10.0. The van der Waals surface area contributed by atoms with Crippen molar-refractivity contribution in [2.45, 2.75) is 56.5 Å². The van der Waals surface area contributed by atoms with E-state index in [9.17, 15) is 24.6 Å². The van der Waals surface area contributed by atoms with Gasteiger partial charge in [-0.2, -0.15) is 0 Å². The molecular formula is C20H25NO6. The zero-order valence-corrected chi connectivity index (χ0v) is 15.3. The summed E-state index contributed by atoms with van der Waals surface area (Å²) in [7, 11) is 0. The van der Waals surface area contributed by atoms with Crippen molar-refractivity contribution in [3.63, 3.8) is 0 Å². The van der Waals surface area contributed by atoms with Gasteiger partial charge >= 0.3 is 5.97 Å². The third-order valence-electron chi connectivity index (χ3n) is 7.68. The molecule has 4 unspecified atom stereocenters. The van der Waals surface area contributed by atoms with E-state index in [1.807, 2.05) is 13.0 Å². The standard InChI is InChI=1S/C20H25NO6/c1-10-6-7-11-4-2-3-5-12(11)14(10)15(22)19(25)17-20(26)13(16(23)27-17)8-9-21(20)18(19)24/h6-7,10-14,17,25-26H,2-5,8-9H2,1H3/t10?,11-,12-,13+,14?,17+,19?,20?/m0/s1. The molecule has 1 amide bonds. The van der Waals surface area contributed by atoms with Crippen molar-refractivity contribution in [2.24, 2.45) is 29.6 Å². The second kappa shape index (κ2) is 5.41. The molecule has 5 aliphatic rings. The van der Waals surface area contributed by atoms with Gasteiger partial charge in [-0.05, 0) is 37.0 Å². The van der Waals surface area contributed by atoms with Gasteiger partial charge in [0, 0.05) is 12.5 Å². The third kappa shape index (κ3) is 1.92. The highest BCUT2D eigenvalue weighted by atomic mass is 16.6. The number of aliphatic hydroxyl groups is 2. The highest BCUT2D eigenvalue weighted by Crippen LogP contribution is 2.55. The van der Waals surface area contributed by atoms with Crippen molar-refractivity contribution in [2.75, 3.05) is 6.54 Å². The largest absolute Gasteiger partial charge is 0.453 e. The van der Waals surface area contributed by atoms with E-state index in [0.717, 1.165) is 30.6 Å². The number of ketones is 1. The normalized spacial score (nSPS) is 50.6. The predicted molar refractivity (Wildman–Crippen MR) is 91.8 cm³/mol. The molecule has 1 saturated carbocycles. The fraction of sp³-hybridized carbons (Fsp3) is 0.750. The number of carbonyl (C=O) groups is 3. The van der Waals surface area contributed by atoms with Gasteiger partial charge < -0.3 is 19.8 Å². The SMILES string of the molecule is CC1C=C[C@@H]2CCCC[C@@H]2C1C(=O)C1(O)C(=O)N2CC[C@@H]3C(=O)O[C@H]1C32O. The average molecular weight is 375 g/mol. The molecule has 3 aliphatic heterocycles. The Morgan fingerprint density at radius 2 is 1.93 bits per heavy atom. The van der Waals surface area contributed by atoms with Crippen LogP contribution in [0.1, 0.15) is 39.0 Å². The topological polar surface area (TPSA) is 104 Å². The highest BCUT2D eigenvalue weighted by Gasteiger charge is 2.80. The Morgan fingerprint density at radius 3 is 2.70 bits per heavy atom. The van der Waals surface area contributed by atoms with E-state index in [-0.39, 0.29) is 30.7 Å². The van der Waals surface area contributed by atoms with Gasteiger partial charge in [-0.25, -0.2) is 0 Å². The lowest BCUT2D eigenvalue weighted by Gasteiger charge is -2.42. The Balaban J connectivity index is 1.55. The third-order valence-corrected chi connectivity index (χ3v) is 7.68. The van der Waals surface area contributed by atoms with E-state index >= 15 is 0 Å². The zero-order chi connectivity index (χ0) is 19.1. The number of carbonyl (C=O) groups excluding carboxylic acids is 3. The quantitative estimate of drug-likeness (QED) is 0.411. The van der Waals surface area contributed by atoms with Gasteiger partial charge in [-0.15, -0.1) is 0 Å². The maximum atomic E-state index is 13.6. The second-order valence-corrected chi connectivity index (χ2v) is 8.91. The van der Waals surface area contributed by atoms with Gasteiger partial charge in [-0.1, -0.05) is 31.9 Å². The molecule has 27 heavy (non-hydrogen) atoms. The minimum atomic E-state index is -2.49. The molecule has 0 aromatic rings. The second-order valence-electron chi connectivity index (χ2n) is 8.91. The van der Waals surface area contributed by atoms with Crippen molar-refractivity contribution in [1.29, 1.82) is 0 Å². The summed E-state index contributed by atoms with van der Waals surface area (Å²) >= 11 is 0. The minimum Gasteiger partial charge on any atom is -0.453 e. The summed E-state index contributed by atoms with van der Waals surface area (Å²) in [6.45, 7) is 2.07. The van der Waals surface area contributed by atoms with Crippen LogP contribution < -0.4 is 0 Å². The summed E-state index contributed by atoms with van der Waals surface area (Å²) in [5.41, 5.74) is -4.40. The smallest absolute Gasteiger partial charge is 0.314 e. The van der Waals surface area contributed by atoms with Crippen molar-refractivity contribution in [1.82, 2.24) is 4.90 Å². The molecule has 0 aromatic heterocycles. The molecule has 2 aliphatic carbocycles. The van der Waals surface area contributed by atoms with E-state index in [4.69, 9.17) is 4.74 Å². The number of hydrogen-bond donors (Lipinski definition) is 2. The van der Waals surface area contributed by atoms with E-state index in [0.29, 0.717) is 0 Å². The number of fused-ring (bicyclic) bond motifs is 1. The van der Waals surface area contributed by atoms with Gasteiger partial charge in [0.2, 0.25) is 5.60 Å². The lowest BCUT2D eigenvalue weighted by atomic mass is 9.61. The molecule has 0 spiro atoms. The molecule has 0 bridgehead atoms. The van der Waals surface area contributed by atoms with E-state index < -0.39 is 46.9 Å². The van der Waals surface area contributed by atoms with Gasteiger partial charge in [-0.3, -0.25) is 14.4 Å². The number of Topliss-reactive ketones (excluding diaryl/α,β-unsaturated/α-hetero) is 1. The molecule has 7 nitrogen and oxygen atoms in total. The molecule has 0 radical (unpaired) electrons. The molecule has 8 atom stereocenters. The van der Waals surface area contributed by atoms with E-state index in [2.05, 4.69) is 6.08 Å². The fourth-order valence-corrected chi connectivity index (χ4v) is 6.34. The average Bonchev–Trinajstić information content (AvgIpc) is 3.19. The maximum absolute atomic E-state index is 13.6. The number of amides is 1. The van der Waals surface area contributed by atoms with Crippen molar-refractivity contribution >= 4 is 17.7 Å². The Labute approximate surface area is 157 Å². The molecule has 3 saturated heterocycles. The summed E-state index contributed by atoms with van der Waals surface area (Å²) in [5, 5.41) is 22.4. The summed E-state index contributed by atoms with van der Waals surface area (Å²) < 4.78 is 5.25. The Bertz CT molecular complexity index is 764. The van der Waals surface area contributed by atoms with Crippen molar-refractivity contribution < 1.29 is 29.3 Å². The van der Waals surface area contributed by atoms with E-state index in [1.165, 1.54) is 0 Å². The number of allylic oxidation sites excluding steroid dienone is 2. The Kier molecular flexibility index (Phi) is 3.48. The molecular weight excluding hydrogens is 350 g/mol. The summed E-state index contributed by atoms with van der Waals surface area (Å²) in [5.74, 6) is -3.24. The Morgan fingerprint density at radius 1 is 1.19 bits per heavy atom. The van der Waals surface area contributed by atoms with Crippen LogP contribution in [0.25, 0.3) is 0 Å². The van der Waals surface area contributed by atoms with Gasteiger partial charge in [0.25, 0.3) is 5.91 Å². The molecule has 0 aromatic carbocycles. The van der Waals surface area contributed by atoms with Gasteiger partial charge in [0.15, 0.2) is 17.6 Å². The molecule has 4 fully saturated rings.